The predicted octanol–water partition coefficient (Wildman–Crippen LogP) is 5.89. The van der Waals surface area contributed by atoms with Gasteiger partial charge in [-0.1, -0.05) is 59.1 Å². The molecule has 0 bridgehead atoms. The highest BCUT2D eigenvalue weighted by Crippen LogP contribution is 2.43. The van der Waals surface area contributed by atoms with Crippen LogP contribution in [0.25, 0.3) is 10.8 Å². The lowest BCUT2D eigenvalue weighted by atomic mass is 9.92. The van der Waals surface area contributed by atoms with Crippen molar-refractivity contribution >= 4 is 38.5 Å². The molecule has 0 unspecified atom stereocenters. The Labute approximate surface area is 128 Å². The predicted molar refractivity (Wildman–Crippen MR) is 89.4 cm³/mol. The number of rotatable bonds is 4. The number of alkyl halides is 1. The smallest absolute Gasteiger partial charge is 0.00959 e. The Morgan fingerprint density at radius 1 is 1.00 bits per heavy atom. The summed E-state index contributed by atoms with van der Waals surface area (Å²) in [4.78, 5) is 1.41. The normalized spacial score (nSPS) is 17.9. The van der Waals surface area contributed by atoms with E-state index in [1.54, 1.807) is 0 Å². The molecule has 0 atom stereocenters. The van der Waals surface area contributed by atoms with Gasteiger partial charge in [0.1, 0.15) is 0 Å². The second-order valence-electron chi connectivity index (χ2n) is 5.64. The molecule has 0 aromatic heterocycles. The van der Waals surface area contributed by atoms with Gasteiger partial charge in [0.15, 0.2) is 0 Å². The van der Waals surface area contributed by atoms with Gasteiger partial charge in [-0.3, -0.25) is 0 Å². The summed E-state index contributed by atoms with van der Waals surface area (Å²) in [5, 5.41) is 3.84. The van der Waals surface area contributed by atoms with E-state index >= 15 is 0 Å². The van der Waals surface area contributed by atoms with Crippen LogP contribution in [-0.2, 0) is 0 Å². The maximum Gasteiger partial charge on any atom is 0.00959 e. The van der Waals surface area contributed by atoms with E-state index in [1.165, 1.54) is 47.1 Å². The van der Waals surface area contributed by atoms with Gasteiger partial charge >= 0.3 is 0 Å². The highest BCUT2D eigenvalue weighted by atomic mass is 79.9. The van der Waals surface area contributed by atoms with Gasteiger partial charge in [0, 0.05) is 16.0 Å². The van der Waals surface area contributed by atoms with Crippen LogP contribution in [0.2, 0.25) is 0 Å². The molecule has 2 heteroatoms. The number of thioether (sulfide) groups is 1. The van der Waals surface area contributed by atoms with Crippen molar-refractivity contribution in [1.82, 2.24) is 0 Å². The van der Waals surface area contributed by atoms with Gasteiger partial charge in [-0.15, -0.1) is 11.8 Å². The van der Waals surface area contributed by atoms with Crippen molar-refractivity contribution in [2.45, 2.75) is 30.6 Å². The lowest BCUT2D eigenvalue weighted by Gasteiger charge is -2.25. The molecule has 2 aromatic rings. The number of halogens is 1. The molecule has 2 aromatic carbocycles. The summed E-state index contributed by atoms with van der Waals surface area (Å²) >= 11 is 5.76. The largest absolute Gasteiger partial charge is 0.126 e. The third-order valence-corrected chi connectivity index (χ3v) is 6.75. The Hall–Kier alpha value is -0.470. The molecule has 0 amide bonds. The van der Waals surface area contributed by atoms with Gasteiger partial charge in [-0.25, -0.2) is 0 Å². The minimum atomic E-state index is 0.538. The third kappa shape index (κ3) is 3.00. The molecule has 0 aliphatic heterocycles. The lowest BCUT2D eigenvalue weighted by Crippen LogP contribution is -2.21. The van der Waals surface area contributed by atoms with E-state index in [4.69, 9.17) is 0 Å². The van der Waals surface area contributed by atoms with Crippen LogP contribution in [0.5, 0.6) is 0 Å². The Morgan fingerprint density at radius 3 is 2.47 bits per heavy atom. The number of fused-ring (bicyclic) bond motifs is 1. The maximum atomic E-state index is 3.73. The zero-order valence-corrected chi connectivity index (χ0v) is 13.5. The molecule has 0 saturated heterocycles. The van der Waals surface area contributed by atoms with E-state index in [0.717, 1.165) is 5.33 Å². The molecule has 1 fully saturated rings. The first-order valence-corrected chi connectivity index (χ1v) is 9.10. The molecule has 0 N–H and O–H groups in total. The monoisotopic (exact) mass is 334 g/mol. The highest BCUT2D eigenvalue weighted by molar-refractivity contribution is 9.09. The summed E-state index contributed by atoms with van der Waals surface area (Å²) in [6.07, 6.45) is 5.59. The molecule has 0 heterocycles. The second-order valence-corrected chi connectivity index (χ2v) is 7.25. The summed E-state index contributed by atoms with van der Waals surface area (Å²) < 4.78 is 0. The van der Waals surface area contributed by atoms with Gasteiger partial charge in [0.05, 0.1) is 0 Å². The molecule has 1 aliphatic carbocycles. The minimum Gasteiger partial charge on any atom is -0.126 e. The molecule has 100 valence electrons. The van der Waals surface area contributed by atoms with Gasteiger partial charge < -0.3 is 0 Å². The molecule has 0 nitrogen and oxygen atoms in total. The van der Waals surface area contributed by atoms with Crippen molar-refractivity contribution in [2.24, 2.45) is 5.41 Å². The topological polar surface area (TPSA) is 0 Å². The zero-order valence-electron chi connectivity index (χ0n) is 11.1. The van der Waals surface area contributed by atoms with Gasteiger partial charge in [-0.05, 0) is 41.2 Å². The Kier molecular flexibility index (Phi) is 4.18. The fourth-order valence-corrected chi connectivity index (χ4v) is 5.19. The average molecular weight is 335 g/mol. The fourth-order valence-electron chi connectivity index (χ4n) is 2.94. The zero-order chi connectivity index (χ0) is 13.1. The van der Waals surface area contributed by atoms with Crippen molar-refractivity contribution in [3.8, 4) is 0 Å². The van der Waals surface area contributed by atoms with E-state index in [2.05, 4.69) is 58.4 Å². The lowest BCUT2D eigenvalue weighted by molar-refractivity contribution is 0.405. The number of hydrogen-bond donors (Lipinski definition) is 0. The average Bonchev–Trinajstić information content (AvgIpc) is 2.94. The Morgan fingerprint density at radius 2 is 1.74 bits per heavy atom. The van der Waals surface area contributed by atoms with Crippen molar-refractivity contribution in [1.29, 1.82) is 0 Å². The molecule has 3 rings (SSSR count). The molecule has 0 spiro atoms. The van der Waals surface area contributed by atoms with Gasteiger partial charge in [-0.2, -0.15) is 0 Å². The standard InChI is InChI=1S/C17H19BrS/c18-12-17(9-3-4-10-17)13-19-16-8-7-14-5-1-2-6-15(14)11-16/h1-2,5-8,11H,3-4,9-10,12-13H2. The number of benzene rings is 2. The quantitative estimate of drug-likeness (QED) is 0.496. The van der Waals surface area contributed by atoms with Crippen LogP contribution >= 0.6 is 27.7 Å². The van der Waals surface area contributed by atoms with E-state index < -0.39 is 0 Å². The Bertz CT molecular complexity index is 558. The molecule has 19 heavy (non-hydrogen) atoms. The first-order chi connectivity index (χ1) is 9.31. The van der Waals surface area contributed by atoms with Crippen LogP contribution in [0, 0.1) is 5.41 Å². The van der Waals surface area contributed by atoms with Crippen LogP contribution in [0.15, 0.2) is 47.4 Å². The summed E-state index contributed by atoms with van der Waals surface area (Å²) in [5.41, 5.74) is 0.538. The van der Waals surface area contributed by atoms with Crippen molar-refractivity contribution in [3.63, 3.8) is 0 Å². The first-order valence-electron chi connectivity index (χ1n) is 6.99. The van der Waals surface area contributed by atoms with Crippen molar-refractivity contribution in [3.05, 3.63) is 42.5 Å². The van der Waals surface area contributed by atoms with Crippen LogP contribution < -0.4 is 0 Å². The minimum absolute atomic E-state index is 0.538. The summed E-state index contributed by atoms with van der Waals surface area (Å²) in [5.74, 6) is 1.25. The van der Waals surface area contributed by atoms with Crippen molar-refractivity contribution < 1.29 is 0 Å². The molecular formula is C17H19BrS. The SMILES string of the molecule is BrCC1(CSc2ccc3ccccc3c2)CCCC1. The third-order valence-electron chi connectivity index (χ3n) is 4.21. The van der Waals surface area contributed by atoms with Gasteiger partial charge in [0.2, 0.25) is 0 Å². The summed E-state index contributed by atoms with van der Waals surface area (Å²) in [6.45, 7) is 0. The highest BCUT2D eigenvalue weighted by Gasteiger charge is 2.32. The van der Waals surface area contributed by atoms with E-state index in [0.29, 0.717) is 5.41 Å². The Balaban J connectivity index is 1.74. The van der Waals surface area contributed by atoms with E-state index in [-0.39, 0.29) is 0 Å². The van der Waals surface area contributed by atoms with Crippen LogP contribution in [-0.4, -0.2) is 11.1 Å². The van der Waals surface area contributed by atoms with E-state index in [9.17, 15) is 0 Å². The maximum absolute atomic E-state index is 3.73. The van der Waals surface area contributed by atoms with Crippen molar-refractivity contribution in [2.75, 3.05) is 11.1 Å². The van der Waals surface area contributed by atoms with Crippen LogP contribution in [0.4, 0.5) is 0 Å². The first kappa shape index (κ1) is 13.5. The molecule has 1 aliphatic rings. The molecule has 0 radical (unpaired) electrons. The van der Waals surface area contributed by atoms with Crippen LogP contribution in [0.3, 0.4) is 0 Å². The second kappa shape index (κ2) is 5.88. The van der Waals surface area contributed by atoms with Crippen LogP contribution in [0.1, 0.15) is 25.7 Å². The van der Waals surface area contributed by atoms with Gasteiger partial charge in [0.25, 0.3) is 0 Å². The summed E-state index contributed by atoms with van der Waals surface area (Å²) in [7, 11) is 0. The molecular weight excluding hydrogens is 316 g/mol. The molecule has 1 saturated carbocycles. The fraction of sp³-hybridized carbons (Fsp3) is 0.412. The van der Waals surface area contributed by atoms with E-state index in [1.807, 2.05) is 11.8 Å². The summed E-state index contributed by atoms with van der Waals surface area (Å²) in [6, 6.07) is 15.4. The number of hydrogen-bond acceptors (Lipinski definition) is 1.